The molecule has 0 aliphatic carbocycles. The molecule has 1 heterocycles. The third-order valence-corrected chi connectivity index (χ3v) is 4.36. The summed E-state index contributed by atoms with van der Waals surface area (Å²) in [5, 5.41) is 6.18. The molecule has 1 saturated heterocycles. The Morgan fingerprint density at radius 3 is 2.48 bits per heavy atom. The predicted molar refractivity (Wildman–Crippen MR) is 86.4 cm³/mol. The van der Waals surface area contributed by atoms with E-state index in [1.165, 1.54) is 38.0 Å². The number of amides is 1. The van der Waals surface area contributed by atoms with Crippen LogP contribution >= 0.6 is 0 Å². The van der Waals surface area contributed by atoms with Gasteiger partial charge >= 0.3 is 0 Å². The maximum atomic E-state index is 11.5. The quantitative estimate of drug-likeness (QED) is 0.840. The van der Waals surface area contributed by atoms with Crippen molar-refractivity contribution in [1.82, 2.24) is 15.5 Å². The van der Waals surface area contributed by atoms with Crippen LogP contribution in [0.15, 0.2) is 24.3 Å². The molecule has 0 unspecified atom stereocenters. The summed E-state index contributed by atoms with van der Waals surface area (Å²) in [4.78, 5) is 14.0. The first-order valence-corrected chi connectivity index (χ1v) is 7.97. The maximum Gasteiger partial charge on any atom is 0.251 e. The van der Waals surface area contributed by atoms with E-state index in [4.69, 9.17) is 0 Å². The predicted octanol–water partition coefficient (Wildman–Crippen LogP) is 1.87. The highest BCUT2D eigenvalue weighted by molar-refractivity contribution is 5.93. The Bertz CT molecular complexity index is 436. The average Bonchev–Trinajstić information content (AvgIpc) is 2.55. The zero-order valence-electron chi connectivity index (χ0n) is 13.2. The van der Waals surface area contributed by atoms with Crippen LogP contribution in [0.4, 0.5) is 0 Å². The number of benzene rings is 1. The molecule has 116 valence electrons. The minimum Gasteiger partial charge on any atom is -0.355 e. The zero-order valence-corrected chi connectivity index (χ0v) is 13.2. The summed E-state index contributed by atoms with van der Waals surface area (Å²) in [7, 11) is 1.65. The summed E-state index contributed by atoms with van der Waals surface area (Å²) in [5.74, 6) is 0.773. The van der Waals surface area contributed by atoms with E-state index in [1.54, 1.807) is 7.05 Å². The molecule has 0 radical (unpaired) electrons. The standard InChI is InChI=1S/C17H27N3O/c1-3-20-10-8-15(9-11-20)13-19-12-14-4-6-16(7-5-14)17(21)18-2/h4-7,15,19H,3,8-13H2,1-2H3,(H,18,21). The van der Waals surface area contributed by atoms with Gasteiger partial charge in [-0.1, -0.05) is 19.1 Å². The summed E-state index contributed by atoms with van der Waals surface area (Å²) in [6.07, 6.45) is 2.60. The van der Waals surface area contributed by atoms with Crippen LogP contribution in [0.5, 0.6) is 0 Å². The van der Waals surface area contributed by atoms with E-state index in [2.05, 4.69) is 22.5 Å². The van der Waals surface area contributed by atoms with Crippen molar-refractivity contribution in [2.75, 3.05) is 33.2 Å². The molecular formula is C17H27N3O. The average molecular weight is 289 g/mol. The van der Waals surface area contributed by atoms with Gasteiger partial charge in [0.25, 0.3) is 5.91 Å². The molecular weight excluding hydrogens is 262 g/mol. The van der Waals surface area contributed by atoms with Crippen LogP contribution in [-0.2, 0) is 6.54 Å². The second-order valence-corrected chi connectivity index (χ2v) is 5.78. The SMILES string of the molecule is CCN1CCC(CNCc2ccc(C(=O)NC)cc2)CC1. The Labute approximate surface area is 127 Å². The molecule has 1 aliphatic heterocycles. The molecule has 2 N–H and O–H groups in total. The third-order valence-electron chi connectivity index (χ3n) is 4.36. The van der Waals surface area contributed by atoms with Crippen molar-refractivity contribution < 1.29 is 4.79 Å². The van der Waals surface area contributed by atoms with E-state index in [0.717, 1.165) is 19.0 Å². The van der Waals surface area contributed by atoms with E-state index < -0.39 is 0 Å². The smallest absolute Gasteiger partial charge is 0.251 e. The Kier molecular flexibility index (Phi) is 6.21. The first-order chi connectivity index (χ1) is 10.2. The van der Waals surface area contributed by atoms with Gasteiger partial charge in [-0.05, 0) is 62.6 Å². The summed E-state index contributed by atoms with van der Waals surface area (Å²) in [6.45, 7) is 7.86. The van der Waals surface area contributed by atoms with Gasteiger partial charge in [-0.15, -0.1) is 0 Å². The molecule has 1 aliphatic rings. The molecule has 1 fully saturated rings. The number of nitrogens with zero attached hydrogens (tertiary/aromatic N) is 1. The first-order valence-electron chi connectivity index (χ1n) is 7.97. The largest absolute Gasteiger partial charge is 0.355 e. The lowest BCUT2D eigenvalue weighted by Gasteiger charge is -2.31. The molecule has 0 atom stereocenters. The van der Waals surface area contributed by atoms with Gasteiger partial charge in [0, 0.05) is 19.2 Å². The Hall–Kier alpha value is -1.39. The molecule has 0 bridgehead atoms. The maximum absolute atomic E-state index is 11.5. The lowest BCUT2D eigenvalue weighted by molar-refractivity contribution is 0.0963. The first kappa shape index (κ1) is 16.0. The van der Waals surface area contributed by atoms with Gasteiger partial charge in [-0.2, -0.15) is 0 Å². The fourth-order valence-corrected chi connectivity index (χ4v) is 2.85. The second kappa shape index (κ2) is 8.15. The van der Waals surface area contributed by atoms with Gasteiger partial charge in [0.2, 0.25) is 0 Å². The minimum atomic E-state index is -0.0304. The van der Waals surface area contributed by atoms with Gasteiger partial charge in [-0.3, -0.25) is 4.79 Å². The van der Waals surface area contributed by atoms with Crippen LogP contribution in [0.2, 0.25) is 0 Å². The molecule has 4 nitrogen and oxygen atoms in total. The fourth-order valence-electron chi connectivity index (χ4n) is 2.85. The molecule has 1 aromatic carbocycles. The van der Waals surface area contributed by atoms with Crippen LogP contribution < -0.4 is 10.6 Å². The molecule has 21 heavy (non-hydrogen) atoms. The number of carbonyl (C=O) groups excluding carboxylic acids is 1. The number of carbonyl (C=O) groups is 1. The molecule has 2 rings (SSSR count). The Morgan fingerprint density at radius 1 is 1.24 bits per heavy atom. The summed E-state index contributed by atoms with van der Waals surface area (Å²) < 4.78 is 0. The Morgan fingerprint density at radius 2 is 1.90 bits per heavy atom. The van der Waals surface area contributed by atoms with Gasteiger partial charge in [-0.25, -0.2) is 0 Å². The zero-order chi connectivity index (χ0) is 15.1. The lowest BCUT2D eigenvalue weighted by Crippen LogP contribution is -2.36. The molecule has 1 amide bonds. The monoisotopic (exact) mass is 289 g/mol. The summed E-state index contributed by atoms with van der Waals surface area (Å²) in [5.41, 5.74) is 1.95. The number of hydrogen-bond acceptors (Lipinski definition) is 3. The van der Waals surface area contributed by atoms with E-state index in [1.807, 2.05) is 24.3 Å². The van der Waals surface area contributed by atoms with E-state index in [0.29, 0.717) is 5.56 Å². The van der Waals surface area contributed by atoms with Gasteiger partial charge < -0.3 is 15.5 Å². The topological polar surface area (TPSA) is 44.4 Å². The molecule has 1 aromatic rings. The van der Waals surface area contributed by atoms with Crippen molar-refractivity contribution >= 4 is 5.91 Å². The summed E-state index contributed by atoms with van der Waals surface area (Å²) in [6, 6.07) is 7.82. The number of piperidine rings is 1. The normalized spacial score (nSPS) is 16.9. The summed E-state index contributed by atoms with van der Waals surface area (Å²) >= 11 is 0. The van der Waals surface area contributed by atoms with Crippen LogP contribution in [0, 0.1) is 5.92 Å². The highest BCUT2D eigenvalue weighted by atomic mass is 16.1. The van der Waals surface area contributed by atoms with Crippen molar-refractivity contribution in [2.45, 2.75) is 26.3 Å². The molecule has 0 spiro atoms. The van der Waals surface area contributed by atoms with Crippen LogP contribution in [-0.4, -0.2) is 44.0 Å². The molecule has 4 heteroatoms. The Balaban J connectivity index is 1.70. The number of rotatable bonds is 6. The van der Waals surface area contributed by atoms with Gasteiger partial charge in [0.1, 0.15) is 0 Å². The minimum absolute atomic E-state index is 0.0304. The van der Waals surface area contributed by atoms with Crippen molar-refractivity contribution in [3.63, 3.8) is 0 Å². The third kappa shape index (κ3) is 4.83. The van der Waals surface area contributed by atoms with Crippen LogP contribution in [0.3, 0.4) is 0 Å². The van der Waals surface area contributed by atoms with Gasteiger partial charge in [0.15, 0.2) is 0 Å². The number of likely N-dealkylation sites (tertiary alicyclic amines) is 1. The molecule has 0 saturated carbocycles. The number of hydrogen-bond donors (Lipinski definition) is 2. The van der Waals surface area contributed by atoms with Crippen molar-refractivity contribution in [2.24, 2.45) is 5.92 Å². The van der Waals surface area contributed by atoms with E-state index in [9.17, 15) is 4.79 Å². The van der Waals surface area contributed by atoms with E-state index in [-0.39, 0.29) is 5.91 Å². The second-order valence-electron chi connectivity index (χ2n) is 5.78. The lowest BCUT2D eigenvalue weighted by atomic mass is 9.97. The van der Waals surface area contributed by atoms with Crippen molar-refractivity contribution in [3.05, 3.63) is 35.4 Å². The molecule has 0 aromatic heterocycles. The number of nitrogens with one attached hydrogen (secondary N) is 2. The van der Waals surface area contributed by atoms with Crippen LogP contribution in [0.25, 0.3) is 0 Å². The highest BCUT2D eigenvalue weighted by Crippen LogP contribution is 2.16. The van der Waals surface area contributed by atoms with Crippen LogP contribution in [0.1, 0.15) is 35.7 Å². The fraction of sp³-hybridized carbons (Fsp3) is 0.588. The van der Waals surface area contributed by atoms with Crippen molar-refractivity contribution in [3.8, 4) is 0 Å². The highest BCUT2D eigenvalue weighted by Gasteiger charge is 2.17. The van der Waals surface area contributed by atoms with Gasteiger partial charge in [0.05, 0.1) is 0 Å². The van der Waals surface area contributed by atoms with Crippen molar-refractivity contribution in [1.29, 1.82) is 0 Å². The van der Waals surface area contributed by atoms with E-state index >= 15 is 0 Å².